The number of hydrogen-bond donors (Lipinski definition) is 1. The molecule has 0 bridgehead atoms. The molecule has 0 spiro atoms. The first-order valence-corrected chi connectivity index (χ1v) is 7.59. The molecule has 2 heteroatoms. The Labute approximate surface area is 116 Å². The second-order valence-electron chi connectivity index (χ2n) is 5.93. The van der Waals surface area contributed by atoms with Crippen molar-refractivity contribution in [2.45, 2.75) is 52.0 Å². The van der Waals surface area contributed by atoms with E-state index in [0.29, 0.717) is 5.92 Å². The van der Waals surface area contributed by atoms with E-state index in [-0.39, 0.29) is 11.9 Å². The molecule has 1 N–H and O–H groups in total. The summed E-state index contributed by atoms with van der Waals surface area (Å²) in [5.41, 5.74) is 1.60. The van der Waals surface area contributed by atoms with Crippen LogP contribution in [0.3, 0.4) is 0 Å². The van der Waals surface area contributed by atoms with Gasteiger partial charge in [-0.2, -0.15) is 0 Å². The van der Waals surface area contributed by atoms with Crippen molar-refractivity contribution in [1.82, 2.24) is 5.32 Å². The zero-order valence-corrected chi connectivity index (χ0v) is 12.4. The third-order valence-electron chi connectivity index (χ3n) is 4.81. The van der Waals surface area contributed by atoms with Crippen LogP contribution < -0.4 is 5.32 Å². The van der Waals surface area contributed by atoms with Crippen LogP contribution in [0.2, 0.25) is 0 Å². The van der Waals surface area contributed by atoms with Crippen molar-refractivity contribution in [2.24, 2.45) is 11.8 Å². The summed E-state index contributed by atoms with van der Waals surface area (Å²) in [5, 5.41) is 3.35. The zero-order valence-electron chi connectivity index (χ0n) is 12.4. The van der Waals surface area contributed by atoms with E-state index < -0.39 is 0 Å². The average Bonchev–Trinajstić information content (AvgIpc) is 2.45. The van der Waals surface area contributed by atoms with Crippen molar-refractivity contribution >= 4 is 0 Å². The van der Waals surface area contributed by atoms with Crippen LogP contribution >= 0.6 is 0 Å². The molecule has 0 radical (unpaired) electrons. The first-order valence-electron chi connectivity index (χ1n) is 7.59. The summed E-state index contributed by atoms with van der Waals surface area (Å²) in [6.45, 7) is 4.13. The fourth-order valence-corrected chi connectivity index (χ4v) is 3.49. The van der Waals surface area contributed by atoms with Gasteiger partial charge in [0.05, 0.1) is 0 Å². The van der Waals surface area contributed by atoms with Crippen LogP contribution in [0.25, 0.3) is 0 Å². The van der Waals surface area contributed by atoms with E-state index in [9.17, 15) is 4.39 Å². The largest absolute Gasteiger partial charge is 0.313 e. The second kappa shape index (κ2) is 6.51. The molecule has 1 aromatic carbocycles. The first-order chi connectivity index (χ1) is 9.17. The van der Waals surface area contributed by atoms with E-state index in [1.54, 1.807) is 0 Å². The molecule has 1 unspecified atom stereocenters. The fraction of sp³-hybridized carbons (Fsp3) is 0.647. The Morgan fingerprint density at radius 3 is 2.53 bits per heavy atom. The summed E-state index contributed by atoms with van der Waals surface area (Å²) in [7, 11) is 1.96. The monoisotopic (exact) mass is 263 g/mol. The predicted octanol–water partition coefficient (Wildman–Crippen LogP) is 4.61. The highest BCUT2D eigenvalue weighted by Crippen LogP contribution is 2.38. The van der Waals surface area contributed by atoms with Crippen LogP contribution in [0.5, 0.6) is 0 Å². The normalized spacial score (nSPS) is 25.3. The minimum absolute atomic E-state index is 0.0283. The molecular weight excluding hydrogens is 237 g/mol. The molecule has 0 saturated heterocycles. The maximum atomic E-state index is 14.3. The van der Waals surface area contributed by atoms with Crippen LogP contribution in [-0.4, -0.2) is 7.05 Å². The summed E-state index contributed by atoms with van der Waals surface area (Å²) in [5.74, 6) is 1.43. The van der Waals surface area contributed by atoms with Gasteiger partial charge in [0, 0.05) is 11.6 Å². The third kappa shape index (κ3) is 3.17. The van der Waals surface area contributed by atoms with Crippen LogP contribution in [-0.2, 0) is 0 Å². The van der Waals surface area contributed by atoms with Crippen LogP contribution in [0, 0.1) is 24.6 Å². The van der Waals surface area contributed by atoms with Gasteiger partial charge >= 0.3 is 0 Å². The van der Waals surface area contributed by atoms with Gasteiger partial charge in [0.1, 0.15) is 5.82 Å². The number of rotatable bonds is 4. The number of nitrogens with one attached hydrogen (secondary N) is 1. The maximum absolute atomic E-state index is 14.3. The van der Waals surface area contributed by atoms with Gasteiger partial charge < -0.3 is 5.32 Å². The molecule has 1 saturated carbocycles. The lowest BCUT2D eigenvalue weighted by Crippen LogP contribution is -2.29. The zero-order chi connectivity index (χ0) is 13.8. The highest BCUT2D eigenvalue weighted by atomic mass is 19.1. The van der Waals surface area contributed by atoms with Crippen molar-refractivity contribution in [3.63, 3.8) is 0 Å². The summed E-state index contributed by atoms with van der Waals surface area (Å²) in [6.07, 6.45) is 6.32. The SMILES string of the molecule is CCC1CCC(C(NC)c2cccc(C)c2F)CC1. The molecule has 19 heavy (non-hydrogen) atoms. The Morgan fingerprint density at radius 2 is 1.95 bits per heavy atom. The number of aryl methyl sites for hydroxylation is 1. The highest BCUT2D eigenvalue weighted by molar-refractivity contribution is 5.28. The summed E-state index contributed by atoms with van der Waals surface area (Å²) in [6, 6.07) is 5.92. The smallest absolute Gasteiger partial charge is 0.130 e. The molecule has 1 atom stereocenters. The molecule has 0 heterocycles. The van der Waals surface area contributed by atoms with E-state index in [4.69, 9.17) is 0 Å². The first kappa shape index (κ1) is 14.5. The van der Waals surface area contributed by atoms with Gasteiger partial charge in [-0.3, -0.25) is 0 Å². The summed E-state index contributed by atoms with van der Waals surface area (Å²) < 4.78 is 14.3. The Hall–Kier alpha value is -0.890. The fourth-order valence-electron chi connectivity index (χ4n) is 3.49. The lowest BCUT2D eigenvalue weighted by molar-refractivity contribution is 0.221. The molecule has 106 valence electrons. The minimum Gasteiger partial charge on any atom is -0.313 e. The number of halogens is 1. The van der Waals surface area contributed by atoms with Gasteiger partial charge in [-0.1, -0.05) is 44.4 Å². The number of benzene rings is 1. The lowest BCUT2D eigenvalue weighted by atomic mass is 9.76. The van der Waals surface area contributed by atoms with Gasteiger partial charge in [0.15, 0.2) is 0 Å². The van der Waals surface area contributed by atoms with Crippen molar-refractivity contribution in [1.29, 1.82) is 0 Å². The maximum Gasteiger partial charge on any atom is 0.130 e. The average molecular weight is 263 g/mol. The second-order valence-corrected chi connectivity index (χ2v) is 5.93. The van der Waals surface area contributed by atoms with E-state index >= 15 is 0 Å². The molecule has 2 rings (SSSR count). The molecule has 1 aromatic rings. The van der Waals surface area contributed by atoms with Gasteiger partial charge in [-0.25, -0.2) is 4.39 Å². The lowest BCUT2D eigenvalue weighted by Gasteiger charge is -2.34. The van der Waals surface area contributed by atoms with Crippen molar-refractivity contribution in [3.8, 4) is 0 Å². The van der Waals surface area contributed by atoms with Gasteiger partial charge in [-0.05, 0) is 44.2 Å². The van der Waals surface area contributed by atoms with Crippen molar-refractivity contribution in [2.75, 3.05) is 7.05 Å². The Balaban J connectivity index is 2.14. The topological polar surface area (TPSA) is 12.0 Å². The van der Waals surface area contributed by atoms with Gasteiger partial charge in [-0.15, -0.1) is 0 Å². The van der Waals surface area contributed by atoms with Crippen molar-refractivity contribution in [3.05, 3.63) is 35.1 Å². The molecule has 0 aliphatic heterocycles. The molecular formula is C17H26FN. The van der Waals surface area contributed by atoms with Gasteiger partial charge in [0.25, 0.3) is 0 Å². The highest BCUT2D eigenvalue weighted by Gasteiger charge is 2.28. The minimum atomic E-state index is -0.0283. The van der Waals surface area contributed by atoms with Crippen LogP contribution in [0.15, 0.2) is 18.2 Å². The number of hydrogen-bond acceptors (Lipinski definition) is 1. The van der Waals surface area contributed by atoms with E-state index in [2.05, 4.69) is 12.2 Å². The predicted molar refractivity (Wildman–Crippen MR) is 78.7 cm³/mol. The molecule has 1 aliphatic carbocycles. The summed E-state index contributed by atoms with van der Waals surface area (Å²) in [4.78, 5) is 0. The Bertz CT molecular complexity index is 408. The van der Waals surface area contributed by atoms with E-state index in [0.717, 1.165) is 17.0 Å². The van der Waals surface area contributed by atoms with E-state index in [1.165, 1.54) is 32.1 Å². The van der Waals surface area contributed by atoms with Crippen LogP contribution in [0.1, 0.15) is 56.2 Å². The van der Waals surface area contributed by atoms with Crippen LogP contribution in [0.4, 0.5) is 4.39 Å². The Morgan fingerprint density at radius 1 is 1.26 bits per heavy atom. The Kier molecular flexibility index (Phi) is 4.98. The van der Waals surface area contributed by atoms with Crippen molar-refractivity contribution < 1.29 is 4.39 Å². The quantitative estimate of drug-likeness (QED) is 0.836. The molecule has 0 amide bonds. The molecule has 1 fully saturated rings. The molecule has 1 aliphatic rings. The van der Waals surface area contributed by atoms with E-state index in [1.807, 2.05) is 32.2 Å². The summed E-state index contributed by atoms with van der Waals surface area (Å²) >= 11 is 0. The van der Waals surface area contributed by atoms with Gasteiger partial charge in [0.2, 0.25) is 0 Å². The molecule has 0 aromatic heterocycles. The standard InChI is InChI=1S/C17H26FN/c1-4-13-8-10-14(11-9-13)17(19-3)15-7-5-6-12(2)16(15)18/h5-7,13-14,17,19H,4,8-11H2,1-3H3. The molecule has 1 nitrogen and oxygen atoms in total. The third-order valence-corrected chi connectivity index (χ3v) is 4.81.